The van der Waals surface area contributed by atoms with Gasteiger partial charge in [0, 0.05) is 79.8 Å². The molecule has 11 aliphatic rings. The summed E-state index contributed by atoms with van der Waals surface area (Å²) in [6, 6.07) is 40.7. The minimum atomic E-state index is 0.0417. The molecule has 11 aliphatic carbocycles. The standard InChI is InChI=1S/C12H22O.C11H20O.2C11H16O.C10H18O.C10H14O.C10H20O.C9H16O.C9H18O.C9H12O.C9H18O.C6H14O.C5H12O/c1-5-13-10-8-9-6-7-12(10,4)11(9,2)3;1-2-12-6-5-11-8-9-3-4-10(11)7-9;1-10(2)12-9-8-11-6-4-3-5-7-11;1-3-10(2)12-9-11-7-5-4-6-8-11;1-2-11-7-10-6-8-3-4-9(10)5-8;1-9(2)11-8-10-6-4-3-5-7-10;1-2-11-9-8-10-6-4-3-5-7-10;1-2-10-9-6-7-3-4-8(9)5-7;2*1-8(2)10-9-6-4-3-5-7-9;1-2-10-8-9-6-4-3-5-7-9;1-5-7-6(2,3)4;1-5(2,3)6-4/h9-10H,5-8H2,1-4H3;9-11H,2-8H2,1H3;3-7,10H,8-9H2,1-2H3;4-8,10H,3,9H2,1-2H3;8-10H,2-7H2,1H3;3-7,9H,8H2,1-2H3;10H,2-9H2,1H3;7-9H,2-6H2,1H3;8-9H,3-7H2,1-2H3;3-8H,1-2H3;9H,2-8H2,1H3;5H2,1-4H3;1-4H3. The summed E-state index contributed by atoms with van der Waals surface area (Å²) in [5, 5.41) is 0. The summed E-state index contributed by atoms with van der Waals surface area (Å²) < 4.78 is 70.8. The summed E-state index contributed by atoms with van der Waals surface area (Å²) in [4.78, 5) is 0. The van der Waals surface area contributed by atoms with Gasteiger partial charge in [-0.25, -0.2) is 0 Å². The van der Waals surface area contributed by atoms with Crippen LogP contribution in [0.3, 0.4) is 0 Å². The average Bonchev–Trinajstić information content (AvgIpc) is 1.56. The van der Waals surface area contributed by atoms with Crippen LogP contribution in [0.25, 0.3) is 0 Å². The van der Waals surface area contributed by atoms with Gasteiger partial charge in [0.2, 0.25) is 0 Å². The van der Waals surface area contributed by atoms with Gasteiger partial charge in [-0.2, -0.15) is 0 Å². The van der Waals surface area contributed by atoms with Crippen LogP contribution >= 0.6 is 0 Å². The minimum absolute atomic E-state index is 0.0417. The number of hydrogen-bond donors (Lipinski definition) is 0. The van der Waals surface area contributed by atoms with Gasteiger partial charge in [0.25, 0.3) is 0 Å². The van der Waals surface area contributed by atoms with Gasteiger partial charge < -0.3 is 61.6 Å². The monoisotopic (exact) mass is 1890 g/mol. The van der Waals surface area contributed by atoms with Crippen LogP contribution in [0, 0.1) is 75.9 Å². The van der Waals surface area contributed by atoms with Crippen molar-refractivity contribution in [2.75, 3.05) is 86.4 Å². The molecule has 0 saturated heterocycles. The summed E-state index contributed by atoms with van der Waals surface area (Å²) in [6.45, 7) is 67.2. The van der Waals surface area contributed by atoms with E-state index in [-0.39, 0.29) is 17.3 Å². The predicted octanol–water partition coefficient (Wildman–Crippen LogP) is 33.1. The Bertz CT molecular complexity index is 3270. The van der Waals surface area contributed by atoms with Gasteiger partial charge in [0.15, 0.2) is 0 Å². The SMILES string of the molecule is CC(C)OC1CCCCC1.CC(C)OCCc1ccccc1.CC(C)OCc1ccccc1.CC(C)Oc1ccccc1.CCC(C)OCc1ccccc1.CCOC(C)(C)C.CCOC1CC2CCC1(C)C2(C)C.CCOC1CC2CCC1C2.CCOCC1CC2CCC1C2.CCOCC1CCCCC1.CCOCCC1CC2CCC1C2.CCOCCC1CCCCC1.COC(C)(C)C. The van der Waals surface area contributed by atoms with E-state index in [0.717, 1.165) is 176 Å². The van der Waals surface area contributed by atoms with Crippen LogP contribution in [0.4, 0.5) is 0 Å². The quantitative estimate of drug-likeness (QED) is 0.0413. The molecule has 0 radical (unpaired) electrons. The normalized spacial score (nSPS) is 24.4. The zero-order chi connectivity index (χ0) is 99.6. The molecule has 0 spiro atoms. The fourth-order valence-electron chi connectivity index (χ4n) is 21.3. The Morgan fingerprint density at radius 3 is 1.20 bits per heavy atom. The summed E-state index contributed by atoms with van der Waals surface area (Å²) in [7, 11) is 1.71. The first-order valence-corrected chi connectivity index (χ1v) is 55.7. The van der Waals surface area contributed by atoms with Crippen molar-refractivity contribution in [1.29, 1.82) is 0 Å². The zero-order valence-corrected chi connectivity index (χ0v) is 92.8. The highest BCUT2D eigenvalue weighted by atomic mass is 16.5. The van der Waals surface area contributed by atoms with Crippen LogP contribution < -0.4 is 4.74 Å². The average molecular weight is 1890 g/mol. The fraction of sp³-hybridized carbons (Fsp3) is 0.803. The highest BCUT2D eigenvalue weighted by molar-refractivity contribution is 5.21. The molecule has 0 aliphatic heterocycles. The van der Waals surface area contributed by atoms with Crippen molar-refractivity contribution in [3.05, 3.63) is 138 Å². The third-order valence-electron chi connectivity index (χ3n) is 29.5. The molecule has 4 aromatic carbocycles. The van der Waals surface area contributed by atoms with Crippen molar-refractivity contribution in [2.24, 2.45) is 75.9 Å². The third kappa shape index (κ3) is 58.5. The van der Waals surface area contributed by atoms with E-state index in [1.54, 1.807) is 7.11 Å². The Hall–Kier alpha value is -3.80. The van der Waals surface area contributed by atoms with Crippen molar-refractivity contribution in [2.45, 2.75) is 472 Å². The topological polar surface area (TPSA) is 120 Å². The second-order valence-electron chi connectivity index (χ2n) is 44.2. The molecule has 135 heavy (non-hydrogen) atoms. The molecule has 0 amide bonds. The van der Waals surface area contributed by atoms with Gasteiger partial charge in [-0.15, -0.1) is 0 Å². The van der Waals surface area contributed by atoms with E-state index in [2.05, 4.69) is 173 Å². The molecule has 13 atom stereocenters. The van der Waals surface area contributed by atoms with Gasteiger partial charge in [-0.1, -0.05) is 220 Å². The second-order valence-corrected chi connectivity index (χ2v) is 44.2. The first-order valence-electron chi connectivity index (χ1n) is 55.7. The summed E-state index contributed by atoms with van der Waals surface area (Å²) >= 11 is 0. The van der Waals surface area contributed by atoms with Crippen molar-refractivity contribution in [3.8, 4) is 5.75 Å². The number of benzene rings is 4. The zero-order valence-electron chi connectivity index (χ0n) is 92.8. The molecular weight excluding hydrogens is 1670 g/mol. The smallest absolute Gasteiger partial charge is 0.119 e. The van der Waals surface area contributed by atoms with Crippen molar-refractivity contribution >= 4 is 0 Å². The molecule has 11 saturated carbocycles. The van der Waals surface area contributed by atoms with Gasteiger partial charge in [0.05, 0.1) is 79.9 Å². The minimum Gasteiger partial charge on any atom is -0.491 e. The van der Waals surface area contributed by atoms with Crippen molar-refractivity contribution < 1.29 is 61.6 Å². The van der Waals surface area contributed by atoms with Crippen LogP contribution in [0.2, 0.25) is 0 Å². The first-order chi connectivity index (χ1) is 64.7. The summed E-state index contributed by atoms with van der Waals surface area (Å²) in [5.74, 6) is 11.9. The lowest BCUT2D eigenvalue weighted by molar-refractivity contribution is -0.0413. The number of para-hydroxylation sites is 1. The number of ether oxygens (including phenoxy) is 13. The molecule has 0 N–H and O–H groups in total. The van der Waals surface area contributed by atoms with E-state index in [1.165, 1.54) is 222 Å². The highest BCUT2D eigenvalue weighted by Crippen LogP contribution is 2.66. The van der Waals surface area contributed by atoms with Gasteiger partial charge in [0.1, 0.15) is 5.75 Å². The largest absolute Gasteiger partial charge is 0.491 e. The third-order valence-corrected chi connectivity index (χ3v) is 29.5. The maximum absolute atomic E-state index is 5.88. The molecule has 13 unspecified atom stereocenters. The number of hydrogen-bond acceptors (Lipinski definition) is 13. The molecule has 8 bridgehead atoms. The Morgan fingerprint density at radius 2 is 0.815 bits per heavy atom. The Morgan fingerprint density at radius 1 is 0.370 bits per heavy atom. The molecular formula is C122H216O13. The number of rotatable bonds is 34. The van der Waals surface area contributed by atoms with E-state index in [1.807, 2.05) is 128 Å². The van der Waals surface area contributed by atoms with Crippen LogP contribution in [0.1, 0.15) is 409 Å². The molecule has 782 valence electrons. The van der Waals surface area contributed by atoms with Gasteiger partial charge >= 0.3 is 0 Å². The van der Waals surface area contributed by atoms with Gasteiger partial charge in [-0.3, -0.25) is 0 Å². The molecule has 0 aromatic heterocycles. The number of methoxy groups -OCH3 is 1. The van der Waals surface area contributed by atoms with E-state index >= 15 is 0 Å². The highest BCUT2D eigenvalue weighted by Gasteiger charge is 2.62. The summed E-state index contributed by atoms with van der Waals surface area (Å²) in [6.07, 6.45) is 51.2. The van der Waals surface area contributed by atoms with Crippen molar-refractivity contribution in [1.82, 2.24) is 0 Å². The molecule has 15 rings (SSSR count). The lowest BCUT2D eigenvalue weighted by Crippen LogP contribution is -2.37. The van der Waals surface area contributed by atoms with Crippen LogP contribution in [0.5, 0.6) is 5.75 Å². The molecule has 4 aromatic rings. The summed E-state index contributed by atoms with van der Waals surface area (Å²) in [5.41, 5.74) is 4.88. The van der Waals surface area contributed by atoms with Crippen LogP contribution in [0.15, 0.2) is 121 Å². The van der Waals surface area contributed by atoms with Gasteiger partial charge in [-0.05, 0) is 392 Å². The van der Waals surface area contributed by atoms with E-state index in [4.69, 9.17) is 61.6 Å². The number of fused-ring (bicyclic) bond motifs is 8. The molecule has 11 fully saturated rings. The first kappa shape index (κ1) is 125. The van der Waals surface area contributed by atoms with Crippen molar-refractivity contribution in [3.63, 3.8) is 0 Å². The van der Waals surface area contributed by atoms with E-state index < -0.39 is 0 Å². The predicted molar refractivity (Wildman–Crippen MR) is 574 cm³/mol. The lowest BCUT2D eigenvalue weighted by Gasteiger charge is -2.38. The second kappa shape index (κ2) is 75.0. The maximum atomic E-state index is 5.88. The molecule has 13 nitrogen and oxygen atoms in total. The maximum Gasteiger partial charge on any atom is 0.119 e. The Kier molecular flexibility index (Phi) is 69.7. The van der Waals surface area contributed by atoms with Crippen LogP contribution in [-0.4, -0.2) is 146 Å². The fourth-order valence-corrected chi connectivity index (χ4v) is 21.3. The lowest BCUT2D eigenvalue weighted by atomic mass is 9.70. The van der Waals surface area contributed by atoms with E-state index in [9.17, 15) is 0 Å². The van der Waals surface area contributed by atoms with Crippen LogP contribution in [-0.2, 0) is 76.5 Å². The molecule has 13 heteroatoms. The molecule has 0 heterocycles. The van der Waals surface area contributed by atoms with E-state index in [0.29, 0.717) is 53.6 Å². The Balaban J connectivity index is 0.000000378. The Labute approximate surface area is 834 Å².